The molecule has 1 amide bonds. The fourth-order valence-corrected chi connectivity index (χ4v) is 3.78. The number of β-lactam (4-membered cyclic amide) rings is 1. The van der Waals surface area contributed by atoms with Gasteiger partial charge < -0.3 is 10.0 Å². The van der Waals surface area contributed by atoms with Gasteiger partial charge in [0, 0.05) is 4.75 Å². The van der Waals surface area contributed by atoms with Crippen molar-refractivity contribution in [3.05, 3.63) is 0 Å². The summed E-state index contributed by atoms with van der Waals surface area (Å²) in [6, 6.07) is -1.61. The molecule has 0 aromatic rings. The third-order valence-corrected chi connectivity index (χ3v) is 4.40. The number of amides is 1. The second kappa shape index (κ2) is 3.33. The third kappa shape index (κ3) is 1.28. The van der Waals surface area contributed by atoms with Gasteiger partial charge >= 0.3 is 5.97 Å². The topological polar surface area (TPSA) is 87.0 Å². The van der Waals surface area contributed by atoms with Gasteiger partial charge in [-0.3, -0.25) is 4.79 Å². The van der Waals surface area contributed by atoms with E-state index in [4.69, 9.17) is 5.11 Å². The van der Waals surface area contributed by atoms with Gasteiger partial charge in [0.2, 0.25) is 6.08 Å². The van der Waals surface area contributed by atoms with Gasteiger partial charge in [-0.25, -0.2) is 9.59 Å². The largest absolute Gasteiger partial charge is 0.480 e. The summed E-state index contributed by atoms with van der Waals surface area (Å²) >= 11 is 1.36. The summed E-state index contributed by atoms with van der Waals surface area (Å²) in [5.74, 6) is -1.43. The van der Waals surface area contributed by atoms with Crippen LogP contribution in [0.2, 0.25) is 0 Å². The molecule has 1 N–H and O–H groups in total. The fraction of sp³-hybridized carbons (Fsp3) is 0.667. The zero-order chi connectivity index (χ0) is 12.1. The summed E-state index contributed by atoms with van der Waals surface area (Å²) in [6.45, 7) is 3.54. The van der Waals surface area contributed by atoms with Gasteiger partial charge in [0.05, 0.1) is 0 Å². The molecule has 2 saturated heterocycles. The molecule has 6 nitrogen and oxygen atoms in total. The third-order valence-electron chi connectivity index (χ3n) is 2.84. The number of carbonyl (C=O) groups is 2. The van der Waals surface area contributed by atoms with Crippen LogP contribution < -0.4 is 0 Å². The number of rotatable bonds is 2. The van der Waals surface area contributed by atoms with E-state index in [2.05, 4.69) is 4.99 Å². The molecule has 0 aromatic carbocycles. The SMILES string of the molecule is CC1(C)S[C@@H]2[C@H](N=C=O)C(=O)N2[C@H]1C(=O)O. The smallest absolute Gasteiger partial charge is 0.327 e. The van der Waals surface area contributed by atoms with Crippen molar-refractivity contribution in [2.45, 2.75) is 36.1 Å². The summed E-state index contributed by atoms with van der Waals surface area (Å²) in [5.41, 5.74) is 0. The van der Waals surface area contributed by atoms with Gasteiger partial charge in [0.25, 0.3) is 5.91 Å². The highest BCUT2D eigenvalue weighted by molar-refractivity contribution is 8.01. The molecule has 2 aliphatic heterocycles. The number of carboxylic acids is 1. The quantitative estimate of drug-likeness (QED) is 0.413. The van der Waals surface area contributed by atoms with Crippen LogP contribution in [0, 0.1) is 0 Å². The fourth-order valence-electron chi connectivity index (χ4n) is 2.17. The number of carboxylic acid groups (broad SMARTS) is 1. The monoisotopic (exact) mass is 242 g/mol. The van der Waals surface area contributed by atoms with Crippen molar-refractivity contribution in [1.82, 2.24) is 4.90 Å². The normalized spacial score (nSPS) is 35.0. The van der Waals surface area contributed by atoms with Gasteiger partial charge in [0.15, 0.2) is 6.04 Å². The van der Waals surface area contributed by atoms with Crippen molar-refractivity contribution in [3.63, 3.8) is 0 Å². The molecule has 2 fully saturated rings. The summed E-state index contributed by atoms with van der Waals surface area (Å²) in [7, 11) is 0. The number of isocyanates is 1. The summed E-state index contributed by atoms with van der Waals surface area (Å²) in [6.07, 6.45) is 1.35. The van der Waals surface area contributed by atoms with E-state index in [0.29, 0.717) is 0 Å². The molecule has 7 heteroatoms. The minimum absolute atomic E-state index is 0.343. The number of nitrogens with zero attached hydrogens (tertiary/aromatic N) is 2. The van der Waals surface area contributed by atoms with E-state index in [1.165, 1.54) is 22.7 Å². The van der Waals surface area contributed by atoms with E-state index in [0.717, 1.165) is 0 Å². The Morgan fingerprint density at radius 3 is 2.75 bits per heavy atom. The first kappa shape index (κ1) is 11.2. The van der Waals surface area contributed by atoms with E-state index >= 15 is 0 Å². The van der Waals surface area contributed by atoms with Crippen molar-refractivity contribution in [2.24, 2.45) is 4.99 Å². The van der Waals surface area contributed by atoms with Gasteiger partial charge in [-0.15, -0.1) is 11.8 Å². The van der Waals surface area contributed by atoms with E-state index in [-0.39, 0.29) is 5.37 Å². The van der Waals surface area contributed by atoms with Gasteiger partial charge in [-0.2, -0.15) is 4.99 Å². The number of aliphatic carboxylic acids is 1. The molecule has 16 heavy (non-hydrogen) atoms. The Hall–Kier alpha value is -1.33. The lowest BCUT2D eigenvalue weighted by molar-refractivity contribution is -0.158. The predicted octanol–water partition coefficient (Wildman–Crippen LogP) is -0.162. The maximum atomic E-state index is 11.6. The molecular weight excluding hydrogens is 232 g/mol. The van der Waals surface area contributed by atoms with Crippen LogP contribution in [0.3, 0.4) is 0 Å². The van der Waals surface area contributed by atoms with Crippen LogP contribution in [-0.4, -0.2) is 50.2 Å². The number of thioether (sulfide) groups is 1. The Kier molecular flexibility index (Phi) is 2.32. The van der Waals surface area contributed by atoms with Crippen LogP contribution in [0.15, 0.2) is 4.99 Å². The van der Waals surface area contributed by atoms with Crippen LogP contribution >= 0.6 is 11.8 Å². The minimum atomic E-state index is -1.03. The number of aliphatic imine (C=N–C) groups is 1. The summed E-state index contributed by atoms with van der Waals surface area (Å²) in [5, 5.41) is 8.75. The van der Waals surface area contributed by atoms with Crippen LogP contribution in [-0.2, 0) is 14.4 Å². The number of hydrogen-bond acceptors (Lipinski definition) is 5. The Morgan fingerprint density at radius 2 is 2.25 bits per heavy atom. The molecule has 0 spiro atoms. The highest BCUT2D eigenvalue weighted by Crippen LogP contribution is 2.51. The van der Waals surface area contributed by atoms with Crippen molar-refractivity contribution >= 4 is 29.7 Å². The Balaban J connectivity index is 2.31. The highest BCUT2D eigenvalue weighted by Gasteiger charge is 2.64. The van der Waals surface area contributed by atoms with Crippen LogP contribution in [0.1, 0.15) is 13.8 Å². The molecule has 0 unspecified atom stereocenters. The Morgan fingerprint density at radius 1 is 1.62 bits per heavy atom. The molecule has 0 aliphatic carbocycles. The zero-order valence-corrected chi connectivity index (χ0v) is 9.52. The first-order valence-corrected chi connectivity index (χ1v) is 5.58. The first-order chi connectivity index (χ1) is 7.40. The molecule has 2 aliphatic rings. The second-order valence-electron chi connectivity index (χ2n) is 4.26. The molecule has 2 heterocycles. The lowest BCUT2D eigenvalue weighted by Gasteiger charge is -2.40. The van der Waals surface area contributed by atoms with Gasteiger partial charge in [-0.1, -0.05) is 0 Å². The van der Waals surface area contributed by atoms with Crippen molar-refractivity contribution in [3.8, 4) is 0 Å². The maximum absolute atomic E-state index is 11.6. The lowest BCUT2D eigenvalue weighted by atomic mass is 9.96. The molecule has 86 valence electrons. The Labute approximate surface area is 95.7 Å². The standard InChI is InChI=1S/C9H10N2O4S/c1-9(2)5(8(14)15)11-6(13)4(10-3-12)7(11)16-9/h4-5,7H,1-2H3,(H,14,15)/t4-,5+,7-/m1/s1. The molecule has 2 rings (SSSR count). The van der Waals surface area contributed by atoms with Crippen LogP contribution in [0.5, 0.6) is 0 Å². The first-order valence-electron chi connectivity index (χ1n) is 4.70. The average Bonchev–Trinajstić information content (AvgIpc) is 2.43. The lowest BCUT2D eigenvalue weighted by Crippen LogP contribution is -2.64. The van der Waals surface area contributed by atoms with E-state index in [1.807, 2.05) is 0 Å². The minimum Gasteiger partial charge on any atom is -0.480 e. The number of hydrogen-bond donors (Lipinski definition) is 1. The van der Waals surface area contributed by atoms with Crippen LogP contribution in [0.4, 0.5) is 0 Å². The van der Waals surface area contributed by atoms with E-state index in [9.17, 15) is 14.4 Å². The van der Waals surface area contributed by atoms with Gasteiger partial charge in [-0.05, 0) is 13.8 Å². The Bertz CT molecular complexity index is 416. The highest BCUT2D eigenvalue weighted by atomic mass is 32.2. The zero-order valence-electron chi connectivity index (χ0n) is 8.71. The van der Waals surface area contributed by atoms with E-state index < -0.39 is 28.7 Å². The average molecular weight is 242 g/mol. The maximum Gasteiger partial charge on any atom is 0.327 e. The molecule has 3 atom stereocenters. The van der Waals surface area contributed by atoms with Crippen LogP contribution in [0.25, 0.3) is 0 Å². The number of carbonyl (C=O) groups excluding carboxylic acids is 2. The number of fused-ring (bicyclic) bond motifs is 1. The van der Waals surface area contributed by atoms with E-state index in [1.54, 1.807) is 13.8 Å². The van der Waals surface area contributed by atoms with Crippen molar-refractivity contribution in [2.75, 3.05) is 0 Å². The molecule has 0 saturated carbocycles. The summed E-state index contributed by atoms with van der Waals surface area (Å²) in [4.78, 5) is 37.5. The molecule has 0 aromatic heterocycles. The predicted molar refractivity (Wildman–Crippen MR) is 55.6 cm³/mol. The van der Waals surface area contributed by atoms with Crippen molar-refractivity contribution < 1.29 is 19.5 Å². The molecule has 0 bridgehead atoms. The van der Waals surface area contributed by atoms with Gasteiger partial charge in [0.1, 0.15) is 11.4 Å². The molecule has 0 radical (unpaired) electrons. The summed E-state index contributed by atoms with van der Waals surface area (Å²) < 4.78 is -0.570. The molecular formula is C9H10N2O4S. The second-order valence-corrected chi connectivity index (χ2v) is 6.03. The van der Waals surface area contributed by atoms with Crippen molar-refractivity contribution in [1.29, 1.82) is 0 Å².